The zero-order valence-electron chi connectivity index (χ0n) is 16.8. The summed E-state index contributed by atoms with van der Waals surface area (Å²) >= 11 is 0. The molecular formula is C21H23F3N4O3. The predicted octanol–water partition coefficient (Wildman–Crippen LogP) is 2.89. The number of piperidine rings is 1. The topological polar surface area (TPSA) is 69.9 Å². The molecule has 0 saturated carbocycles. The molecule has 4 heterocycles. The maximum Gasteiger partial charge on any atom is 0.417 e. The van der Waals surface area contributed by atoms with Crippen LogP contribution < -0.4 is 4.90 Å². The minimum absolute atomic E-state index is 0.0742. The van der Waals surface area contributed by atoms with Gasteiger partial charge in [-0.15, -0.1) is 0 Å². The second-order valence-electron chi connectivity index (χ2n) is 7.76. The molecular weight excluding hydrogens is 413 g/mol. The van der Waals surface area contributed by atoms with Gasteiger partial charge >= 0.3 is 6.18 Å². The van der Waals surface area contributed by atoms with Crippen LogP contribution in [0.25, 0.3) is 0 Å². The Bertz CT molecular complexity index is 899. The van der Waals surface area contributed by atoms with Crippen LogP contribution in [0.5, 0.6) is 0 Å². The Morgan fingerprint density at radius 2 is 1.65 bits per heavy atom. The minimum Gasteiger partial charge on any atom is -0.459 e. The Labute approximate surface area is 177 Å². The predicted molar refractivity (Wildman–Crippen MR) is 105 cm³/mol. The molecule has 2 aromatic heterocycles. The number of carbonyl (C=O) groups is 2. The Morgan fingerprint density at radius 1 is 0.968 bits per heavy atom. The SMILES string of the molecule is O=C(c1ccco1)N1CCN(C(=O)C2CCN(c3ccc(C(F)(F)F)cn3)CC2)CC1. The smallest absolute Gasteiger partial charge is 0.417 e. The van der Waals surface area contributed by atoms with E-state index in [0.29, 0.717) is 63.7 Å². The van der Waals surface area contributed by atoms with Crippen LogP contribution in [0.4, 0.5) is 19.0 Å². The van der Waals surface area contributed by atoms with Gasteiger partial charge < -0.3 is 19.1 Å². The van der Waals surface area contributed by atoms with Crippen LogP contribution in [-0.4, -0.2) is 65.9 Å². The molecule has 0 unspecified atom stereocenters. The van der Waals surface area contributed by atoms with E-state index in [1.807, 2.05) is 4.90 Å². The Morgan fingerprint density at radius 3 is 2.19 bits per heavy atom. The van der Waals surface area contributed by atoms with Crippen LogP contribution in [0.15, 0.2) is 41.1 Å². The number of rotatable bonds is 3. The number of aromatic nitrogens is 1. The molecule has 2 aliphatic rings. The maximum atomic E-state index is 12.9. The molecule has 2 fully saturated rings. The highest BCUT2D eigenvalue weighted by Gasteiger charge is 2.33. The van der Waals surface area contributed by atoms with Gasteiger partial charge in [-0.3, -0.25) is 9.59 Å². The van der Waals surface area contributed by atoms with Gasteiger partial charge in [0.15, 0.2) is 5.76 Å². The lowest BCUT2D eigenvalue weighted by Gasteiger charge is -2.38. The summed E-state index contributed by atoms with van der Waals surface area (Å²) in [5.41, 5.74) is -0.772. The molecule has 0 spiro atoms. The number of furan rings is 1. The zero-order valence-corrected chi connectivity index (χ0v) is 16.8. The minimum atomic E-state index is -4.41. The number of hydrogen-bond donors (Lipinski definition) is 0. The van der Waals surface area contributed by atoms with E-state index in [2.05, 4.69) is 4.98 Å². The van der Waals surface area contributed by atoms with Crippen molar-refractivity contribution in [3.05, 3.63) is 48.0 Å². The highest BCUT2D eigenvalue weighted by atomic mass is 19.4. The summed E-state index contributed by atoms with van der Waals surface area (Å²) < 4.78 is 43.2. The van der Waals surface area contributed by atoms with Crippen molar-refractivity contribution in [1.29, 1.82) is 0 Å². The Balaban J connectivity index is 1.26. The molecule has 0 N–H and O–H groups in total. The average molecular weight is 436 g/mol. The molecule has 0 aliphatic carbocycles. The number of hydrogen-bond acceptors (Lipinski definition) is 5. The lowest BCUT2D eigenvalue weighted by atomic mass is 9.95. The number of halogens is 3. The van der Waals surface area contributed by atoms with Gasteiger partial charge in [0.25, 0.3) is 5.91 Å². The van der Waals surface area contributed by atoms with E-state index in [-0.39, 0.29) is 17.7 Å². The molecule has 2 aromatic rings. The van der Waals surface area contributed by atoms with Crippen molar-refractivity contribution in [1.82, 2.24) is 14.8 Å². The lowest BCUT2D eigenvalue weighted by Crippen LogP contribution is -2.53. The summed E-state index contributed by atoms with van der Waals surface area (Å²) in [6.07, 6.45) is -0.868. The molecule has 4 rings (SSSR count). The fourth-order valence-electron chi connectivity index (χ4n) is 4.04. The Kier molecular flexibility index (Phi) is 5.88. The fraction of sp³-hybridized carbons (Fsp3) is 0.476. The highest BCUT2D eigenvalue weighted by molar-refractivity contribution is 5.91. The van der Waals surface area contributed by atoms with Gasteiger partial charge in [0.1, 0.15) is 5.82 Å². The number of pyridine rings is 1. The van der Waals surface area contributed by atoms with Crippen LogP contribution in [0.2, 0.25) is 0 Å². The van der Waals surface area contributed by atoms with Crippen LogP contribution in [0.3, 0.4) is 0 Å². The van der Waals surface area contributed by atoms with Gasteiger partial charge in [0, 0.05) is 51.4 Å². The number of anilines is 1. The van der Waals surface area contributed by atoms with Gasteiger partial charge in [-0.25, -0.2) is 4.98 Å². The van der Waals surface area contributed by atoms with E-state index < -0.39 is 11.7 Å². The monoisotopic (exact) mass is 436 g/mol. The molecule has 0 aromatic carbocycles. The number of nitrogens with zero attached hydrogens (tertiary/aromatic N) is 4. The van der Waals surface area contributed by atoms with Crippen LogP contribution in [0.1, 0.15) is 29.0 Å². The molecule has 2 amide bonds. The van der Waals surface area contributed by atoms with Crippen molar-refractivity contribution in [3.63, 3.8) is 0 Å². The van der Waals surface area contributed by atoms with Crippen molar-refractivity contribution in [2.24, 2.45) is 5.92 Å². The maximum absolute atomic E-state index is 12.9. The molecule has 0 radical (unpaired) electrons. The molecule has 166 valence electrons. The summed E-state index contributed by atoms with van der Waals surface area (Å²) in [5, 5.41) is 0. The molecule has 7 nitrogen and oxygen atoms in total. The van der Waals surface area contributed by atoms with Crippen LogP contribution in [0, 0.1) is 5.92 Å². The summed E-state index contributed by atoms with van der Waals surface area (Å²) in [6, 6.07) is 5.70. The van der Waals surface area contributed by atoms with Crippen molar-refractivity contribution < 1.29 is 27.2 Å². The van der Waals surface area contributed by atoms with Crippen LogP contribution >= 0.6 is 0 Å². The van der Waals surface area contributed by atoms with Gasteiger partial charge in [0.2, 0.25) is 5.91 Å². The van der Waals surface area contributed by atoms with E-state index in [4.69, 9.17) is 4.42 Å². The first-order valence-corrected chi connectivity index (χ1v) is 10.2. The standard InChI is InChI=1S/C21H23F3N4O3/c22-21(23,24)16-3-4-18(25-14-16)26-7-5-15(6-8-26)19(29)27-9-11-28(12-10-27)20(30)17-2-1-13-31-17/h1-4,13-15H,5-12H2. The molecule has 31 heavy (non-hydrogen) atoms. The quantitative estimate of drug-likeness (QED) is 0.740. The molecule has 2 aliphatic heterocycles. The number of amides is 2. The van der Waals surface area contributed by atoms with E-state index in [9.17, 15) is 22.8 Å². The van der Waals surface area contributed by atoms with Crippen molar-refractivity contribution >= 4 is 17.6 Å². The van der Waals surface area contributed by atoms with E-state index in [0.717, 1.165) is 12.3 Å². The third kappa shape index (κ3) is 4.67. The van der Waals surface area contributed by atoms with Crippen molar-refractivity contribution in [2.75, 3.05) is 44.2 Å². The summed E-state index contributed by atoms with van der Waals surface area (Å²) in [7, 11) is 0. The lowest BCUT2D eigenvalue weighted by molar-refractivity contribution is -0.138. The third-order valence-electron chi connectivity index (χ3n) is 5.85. The molecule has 0 atom stereocenters. The van der Waals surface area contributed by atoms with E-state index in [1.54, 1.807) is 21.9 Å². The van der Waals surface area contributed by atoms with Crippen molar-refractivity contribution in [2.45, 2.75) is 19.0 Å². The van der Waals surface area contributed by atoms with Gasteiger partial charge in [-0.1, -0.05) is 0 Å². The van der Waals surface area contributed by atoms with E-state index >= 15 is 0 Å². The first-order chi connectivity index (χ1) is 14.8. The third-order valence-corrected chi connectivity index (χ3v) is 5.85. The Hall–Kier alpha value is -3.04. The molecule has 10 heteroatoms. The van der Waals surface area contributed by atoms with Gasteiger partial charge in [0.05, 0.1) is 11.8 Å². The largest absolute Gasteiger partial charge is 0.459 e. The summed E-state index contributed by atoms with van der Waals surface area (Å²) in [6.45, 7) is 2.99. The summed E-state index contributed by atoms with van der Waals surface area (Å²) in [4.78, 5) is 34.6. The number of piperazine rings is 1. The van der Waals surface area contributed by atoms with Gasteiger partial charge in [-0.2, -0.15) is 13.2 Å². The fourth-order valence-corrected chi connectivity index (χ4v) is 4.04. The average Bonchev–Trinajstić information content (AvgIpc) is 3.33. The molecule has 0 bridgehead atoms. The number of carbonyl (C=O) groups excluding carboxylic acids is 2. The summed E-state index contributed by atoms with van der Waals surface area (Å²) in [5.74, 6) is 0.561. The highest BCUT2D eigenvalue weighted by Crippen LogP contribution is 2.30. The number of alkyl halides is 3. The second-order valence-corrected chi connectivity index (χ2v) is 7.76. The van der Waals surface area contributed by atoms with E-state index in [1.165, 1.54) is 12.3 Å². The van der Waals surface area contributed by atoms with Gasteiger partial charge in [-0.05, 0) is 37.1 Å². The first kappa shape index (κ1) is 21.2. The molecule has 2 saturated heterocycles. The normalized spacial score (nSPS) is 18.4. The zero-order chi connectivity index (χ0) is 22.0. The second kappa shape index (κ2) is 8.60. The first-order valence-electron chi connectivity index (χ1n) is 10.2. The van der Waals surface area contributed by atoms with Crippen molar-refractivity contribution in [3.8, 4) is 0 Å². The van der Waals surface area contributed by atoms with Crippen LogP contribution in [-0.2, 0) is 11.0 Å².